The van der Waals surface area contributed by atoms with Crippen LogP contribution in [0.25, 0.3) is 0 Å². The minimum atomic E-state index is -0.156. The van der Waals surface area contributed by atoms with Gasteiger partial charge >= 0.3 is 0 Å². The summed E-state index contributed by atoms with van der Waals surface area (Å²) < 4.78 is 13.4. The molecule has 1 N–H and O–H groups in total. The van der Waals surface area contributed by atoms with Crippen LogP contribution in [0.2, 0.25) is 5.02 Å². The quantitative estimate of drug-likeness (QED) is 0.342. The number of benzene rings is 3. The summed E-state index contributed by atoms with van der Waals surface area (Å²) in [7, 11) is 1.55. The van der Waals surface area contributed by atoms with Gasteiger partial charge in [0.25, 0.3) is 5.91 Å². The Kier molecular flexibility index (Phi) is 7.47. The van der Waals surface area contributed by atoms with Gasteiger partial charge in [0.15, 0.2) is 23.0 Å². The van der Waals surface area contributed by atoms with Crippen molar-refractivity contribution in [3.63, 3.8) is 0 Å². The van der Waals surface area contributed by atoms with E-state index in [2.05, 4.69) is 11.4 Å². The number of carbonyl (C=O) groups is 1. The van der Waals surface area contributed by atoms with E-state index in [4.69, 9.17) is 26.1 Å². The van der Waals surface area contributed by atoms with Crippen LogP contribution in [-0.2, 0) is 19.7 Å². The molecule has 0 aliphatic carbocycles. The van der Waals surface area contributed by atoms with Gasteiger partial charge < -0.3 is 24.3 Å². The number of hydrogen-bond acceptors (Lipinski definition) is 6. The number of rotatable bonds is 8. The van der Waals surface area contributed by atoms with Gasteiger partial charge in [-0.15, -0.1) is 0 Å². The largest absolute Gasteiger partial charge is 0.493 e. The number of nitrogens with zero attached hydrogens (tertiary/aromatic N) is 4. The lowest BCUT2D eigenvalue weighted by molar-refractivity contribution is 0.0744. The van der Waals surface area contributed by atoms with E-state index < -0.39 is 0 Å². The summed E-state index contributed by atoms with van der Waals surface area (Å²) in [4.78, 5) is 20.5. The molecule has 38 heavy (non-hydrogen) atoms. The van der Waals surface area contributed by atoms with Crippen molar-refractivity contribution in [2.24, 2.45) is 0 Å². The number of imidazole rings is 1. The Balaban J connectivity index is 1.50. The van der Waals surface area contributed by atoms with Crippen molar-refractivity contribution in [1.29, 1.82) is 5.26 Å². The lowest BCUT2D eigenvalue weighted by Crippen LogP contribution is -2.34. The van der Waals surface area contributed by atoms with Crippen LogP contribution in [0.3, 0.4) is 0 Å². The zero-order valence-corrected chi connectivity index (χ0v) is 21.6. The third kappa shape index (κ3) is 5.29. The highest BCUT2D eigenvalue weighted by molar-refractivity contribution is 6.30. The highest BCUT2D eigenvalue weighted by Gasteiger charge is 2.30. The molecule has 4 aromatic rings. The standard InChI is InChI=1S/C29H26ClN5O3/c1-37-25-15-23(30)11-12-24(25)38-19-26-33-28-27(35(26)17-20-7-3-2-4-8-20)29(36)34(14-13-32-28)18-22-10-6-5-9-21(22)16-31/h2-12,15,32H,13-14,17-19H2,1H3. The van der Waals surface area contributed by atoms with Crippen molar-refractivity contribution in [3.05, 3.63) is 106 Å². The molecular formula is C29H26ClN5O3. The molecule has 0 unspecified atom stereocenters. The maximum Gasteiger partial charge on any atom is 0.274 e. The maximum absolute atomic E-state index is 13.9. The second kappa shape index (κ2) is 11.3. The van der Waals surface area contributed by atoms with E-state index in [1.54, 1.807) is 36.3 Å². The second-order valence-corrected chi connectivity index (χ2v) is 9.24. The monoisotopic (exact) mass is 527 g/mol. The van der Waals surface area contributed by atoms with Crippen molar-refractivity contribution in [2.75, 3.05) is 25.5 Å². The molecule has 0 radical (unpaired) electrons. The number of halogens is 1. The number of nitriles is 1. The summed E-state index contributed by atoms with van der Waals surface area (Å²) in [6.07, 6.45) is 0. The van der Waals surface area contributed by atoms with Gasteiger partial charge in [-0.25, -0.2) is 4.98 Å². The van der Waals surface area contributed by atoms with Gasteiger partial charge in [0.1, 0.15) is 12.4 Å². The zero-order chi connectivity index (χ0) is 26.5. The molecular weight excluding hydrogens is 502 g/mol. The molecule has 9 heteroatoms. The SMILES string of the molecule is COc1cc(Cl)ccc1OCc1nc2c(n1Cc1ccccc1)C(=O)N(Cc1ccccc1C#N)CCN2. The number of methoxy groups -OCH3 is 1. The van der Waals surface area contributed by atoms with Gasteiger partial charge in [-0.3, -0.25) is 4.79 Å². The number of anilines is 1. The van der Waals surface area contributed by atoms with Crippen LogP contribution < -0.4 is 14.8 Å². The number of amides is 1. The van der Waals surface area contributed by atoms with Crippen molar-refractivity contribution < 1.29 is 14.3 Å². The summed E-state index contributed by atoms with van der Waals surface area (Å²) in [6.45, 7) is 1.89. The number of ether oxygens (including phenoxy) is 2. The van der Waals surface area contributed by atoms with Crippen LogP contribution >= 0.6 is 11.6 Å². The molecule has 5 rings (SSSR count). The molecule has 0 bridgehead atoms. The zero-order valence-electron chi connectivity index (χ0n) is 20.9. The van der Waals surface area contributed by atoms with E-state index in [0.29, 0.717) is 65.6 Å². The Morgan fingerprint density at radius 3 is 2.63 bits per heavy atom. The van der Waals surface area contributed by atoms with Gasteiger partial charge in [-0.05, 0) is 29.3 Å². The van der Waals surface area contributed by atoms with Gasteiger partial charge in [-0.1, -0.05) is 60.1 Å². The molecule has 3 aromatic carbocycles. The minimum absolute atomic E-state index is 0.115. The Morgan fingerprint density at radius 1 is 1.05 bits per heavy atom. The first-order valence-corrected chi connectivity index (χ1v) is 12.6. The molecule has 8 nitrogen and oxygen atoms in total. The molecule has 0 spiro atoms. The molecule has 192 valence electrons. The summed E-state index contributed by atoms with van der Waals surface area (Å²) in [6, 6.07) is 24.6. The Bertz CT molecular complexity index is 1500. The lowest BCUT2D eigenvalue weighted by atomic mass is 10.1. The normalized spacial score (nSPS) is 12.8. The van der Waals surface area contributed by atoms with Crippen LogP contribution in [-0.4, -0.2) is 40.6 Å². The van der Waals surface area contributed by atoms with Crippen molar-refractivity contribution >= 4 is 23.3 Å². The molecule has 1 amide bonds. The molecule has 0 fully saturated rings. The number of hydrogen-bond donors (Lipinski definition) is 1. The Hall–Kier alpha value is -4.48. The fraction of sp³-hybridized carbons (Fsp3) is 0.207. The first-order valence-electron chi connectivity index (χ1n) is 12.2. The average Bonchev–Trinajstić information content (AvgIpc) is 3.20. The smallest absolute Gasteiger partial charge is 0.274 e. The number of nitrogens with one attached hydrogen (secondary N) is 1. The number of carbonyl (C=O) groups excluding carboxylic acids is 1. The molecule has 2 heterocycles. The molecule has 0 atom stereocenters. The Labute approximate surface area is 226 Å². The van der Waals surface area contributed by atoms with Gasteiger partial charge in [0, 0.05) is 37.3 Å². The summed E-state index contributed by atoms with van der Waals surface area (Å²) in [5.74, 6) is 1.99. The van der Waals surface area contributed by atoms with Gasteiger partial charge in [0.05, 0.1) is 18.7 Å². The van der Waals surface area contributed by atoms with Crippen LogP contribution in [0.1, 0.15) is 33.0 Å². The first kappa shape index (κ1) is 25.2. The van der Waals surface area contributed by atoms with E-state index >= 15 is 0 Å². The third-order valence-electron chi connectivity index (χ3n) is 6.38. The summed E-state index contributed by atoms with van der Waals surface area (Å²) >= 11 is 6.10. The molecule has 1 aromatic heterocycles. The van der Waals surface area contributed by atoms with Gasteiger partial charge in [0.2, 0.25) is 0 Å². The van der Waals surface area contributed by atoms with Gasteiger partial charge in [-0.2, -0.15) is 5.26 Å². The van der Waals surface area contributed by atoms with Crippen molar-refractivity contribution in [1.82, 2.24) is 14.5 Å². The number of aromatic nitrogens is 2. The highest BCUT2D eigenvalue weighted by atomic mass is 35.5. The average molecular weight is 528 g/mol. The first-order chi connectivity index (χ1) is 18.6. The Morgan fingerprint density at radius 2 is 1.84 bits per heavy atom. The van der Waals surface area contributed by atoms with E-state index in [9.17, 15) is 10.1 Å². The fourth-order valence-electron chi connectivity index (χ4n) is 4.47. The lowest BCUT2D eigenvalue weighted by Gasteiger charge is -2.22. The third-order valence-corrected chi connectivity index (χ3v) is 6.61. The molecule has 0 saturated heterocycles. The van der Waals surface area contributed by atoms with E-state index in [1.165, 1.54) is 0 Å². The number of fused-ring (bicyclic) bond motifs is 1. The second-order valence-electron chi connectivity index (χ2n) is 8.80. The van der Waals surface area contributed by atoms with Crippen LogP contribution in [0.5, 0.6) is 11.5 Å². The summed E-state index contributed by atoms with van der Waals surface area (Å²) in [5.41, 5.74) is 2.85. The van der Waals surface area contributed by atoms with Crippen molar-refractivity contribution in [3.8, 4) is 17.6 Å². The molecule has 1 aliphatic heterocycles. The van der Waals surface area contributed by atoms with E-state index in [0.717, 1.165) is 11.1 Å². The predicted molar refractivity (Wildman–Crippen MR) is 144 cm³/mol. The van der Waals surface area contributed by atoms with E-state index in [-0.39, 0.29) is 12.5 Å². The minimum Gasteiger partial charge on any atom is -0.493 e. The summed E-state index contributed by atoms with van der Waals surface area (Å²) in [5, 5.41) is 13.4. The van der Waals surface area contributed by atoms with Crippen LogP contribution in [0.15, 0.2) is 72.8 Å². The highest BCUT2D eigenvalue weighted by Crippen LogP contribution is 2.31. The van der Waals surface area contributed by atoms with Crippen molar-refractivity contribution in [2.45, 2.75) is 19.7 Å². The maximum atomic E-state index is 13.9. The predicted octanol–water partition coefficient (Wildman–Crippen LogP) is 5.11. The fourth-order valence-corrected chi connectivity index (χ4v) is 4.64. The topological polar surface area (TPSA) is 92.4 Å². The molecule has 0 saturated carbocycles. The molecule has 1 aliphatic rings. The van der Waals surface area contributed by atoms with Crippen LogP contribution in [0, 0.1) is 11.3 Å². The van der Waals surface area contributed by atoms with E-state index in [1.807, 2.05) is 53.1 Å². The van der Waals surface area contributed by atoms with Crippen LogP contribution in [0.4, 0.5) is 5.82 Å².